The lowest BCUT2D eigenvalue weighted by atomic mass is 10.1. The van der Waals surface area contributed by atoms with Crippen molar-refractivity contribution in [1.82, 2.24) is 9.97 Å². The summed E-state index contributed by atoms with van der Waals surface area (Å²) in [5.74, 6) is 0.267. The van der Waals surface area contributed by atoms with Gasteiger partial charge in [0.2, 0.25) is 5.95 Å². The predicted octanol–water partition coefficient (Wildman–Crippen LogP) is 3.96. The Morgan fingerprint density at radius 2 is 1.68 bits per heavy atom. The van der Waals surface area contributed by atoms with Gasteiger partial charge < -0.3 is 10.6 Å². The lowest BCUT2D eigenvalue weighted by Gasteiger charge is -2.07. The number of nitrogens with zero attached hydrogens (tertiary/aromatic N) is 2. The van der Waals surface area contributed by atoms with Crippen molar-refractivity contribution in [2.24, 2.45) is 0 Å². The van der Waals surface area contributed by atoms with Crippen molar-refractivity contribution >= 4 is 17.5 Å². The molecule has 0 aliphatic carbocycles. The molecule has 1 aromatic heterocycles. The van der Waals surface area contributed by atoms with Crippen molar-refractivity contribution in [3.05, 3.63) is 83.2 Å². The monoisotopic (exact) mass is 332 g/mol. The molecule has 2 aromatic carbocycles. The number of nitrogens with one attached hydrogen (secondary N) is 2. The summed E-state index contributed by atoms with van der Waals surface area (Å²) in [7, 11) is 0. The van der Waals surface area contributed by atoms with E-state index in [4.69, 9.17) is 0 Å². The molecule has 0 saturated heterocycles. The van der Waals surface area contributed by atoms with Crippen molar-refractivity contribution in [3.8, 4) is 0 Å². The van der Waals surface area contributed by atoms with Crippen molar-refractivity contribution in [2.75, 3.05) is 10.6 Å². The summed E-state index contributed by atoms with van der Waals surface area (Å²) in [6.07, 6.45) is 3.05. The highest BCUT2D eigenvalue weighted by atomic mass is 16.1. The zero-order valence-corrected chi connectivity index (χ0v) is 14.3. The van der Waals surface area contributed by atoms with Gasteiger partial charge in [-0.25, -0.2) is 9.97 Å². The summed E-state index contributed by atoms with van der Waals surface area (Å²) in [5, 5.41) is 5.99. The molecule has 3 aromatic rings. The maximum atomic E-state index is 12.2. The number of aryl methyl sites for hydroxylation is 2. The van der Waals surface area contributed by atoms with Crippen LogP contribution in [0.25, 0.3) is 0 Å². The Hall–Kier alpha value is -3.21. The van der Waals surface area contributed by atoms with Gasteiger partial charge in [-0.3, -0.25) is 4.79 Å². The number of carbonyl (C=O) groups is 1. The van der Waals surface area contributed by atoms with Crippen LogP contribution in [0, 0.1) is 13.8 Å². The SMILES string of the molecule is Cc1ccc(CNc2ncc(C(=O)Nc3cccc(C)c3)cn2)cc1. The largest absolute Gasteiger partial charge is 0.350 e. The fourth-order valence-electron chi connectivity index (χ4n) is 2.35. The van der Waals surface area contributed by atoms with Gasteiger partial charge in [0.25, 0.3) is 5.91 Å². The predicted molar refractivity (Wildman–Crippen MR) is 99.7 cm³/mol. The number of amides is 1. The Morgan fingerprint density at radius 1 is 0.960 bits per heavy atom. The highest BCUT2D eigenvalue weighted by Crippen LogP contribution is 2.12. The van der Waals surface area contributed by atoms with E-state index in [2.05, 4.69) is 51.8 Å². The third kappa shape index (κ3) is 4.64. The molecule has 3 rings (SSSR count). The quantitative estimate of drug-likeness (QED) is 0.742. The van der Waals surface area contributed by atoms with Gasteiger partial charge in [0.1, 0.15) is 0 Å². The Bertz CT molecular complexity index is 858. The minimum atomic E-state index is -0.226. The summed E-state index contributed by atoms with van der Waals surface area (Å²) in [6.45, 7) is 4.67. The molecule has 0 atom stereocenters. The summed E-state index contributed by atoms with van der Waals surface area (Å²) in [5.41, 5.74) is 4.64. The van der Waals surface area contributed by atoms with Crippen LogP contribution in [0.2, 0.25) is 0 Å². The minimum absolute atomic E-state index is 0.226. The second-order valence-electron chi connectivity index (χ2n) is 5.96. The highest BCUT2D eigenvalue weighted by molar-refractivity contribution is 6.03. The molecule has 0 unspecified atom stereocenters. The summed E-state index contributed by atoms with van der Waals surface area (Å²) in [4.78, 5) is 20.7. The van der Waals surface area contributed by atoms with Crippen molar-refractivity contribution in [2.45, 2.75) is 20.4 Å². The van der Waals surface area contributed by atoms with Crippen molar-refractivity contribution < 1.29 is 4.79 Å². The van der Waals surface area contributed by atoms with Crippen LogP contribution >= 0.6 is 0 Å². The first-order valence-electron chi connectivity index (χ1n) is 8.09. The fraction of sp³-hybridized carbons (Fsp3) is 0.150. The van der Waals surface area contributed by atoms with Crippen LogP contribution in [0.15, 0.2) is 60.9 Å². The van der Waals surface area contributed by atoms with E-state index in [9.17, 15) is 4.79 Å². The Kier molecular flexibility index (Phi) is 5.04. The van der Waals surface area contributed by atoms with Crippen molar-refractivity contribution in [3.63, 3.8) is 0 Å². The molecule has 5 nitrogen and oxygen atoms in total. The van der Waals surface area contributed by atoms with Crippen LogP contribution in [-0.4, -0.2) is 15.9 Å². The molecule has 0 spiro atoms. The highest BCUT2D eigenvalue weighted by Gasteiger charge is 2.08. The number of anilines is 2. The van der Waals surface area contributed by atoms with Crippen molar-refractivity contribution in [1.29, 1.82) is 0 Å². The van der Waals surface area contributed by atoms with E-state index in [1.165, 1.54) is 18.0 Å². The van der Waals surface area contributed by atoms with Crippen LogP contribution in [0.5, 0.6) is 0 Å². The Labute approximate surface area is 147 Å². The summed E-state index contributed by atoms with van der Waals surface area (Å²) >= 11 is 0. The van der Waals surface area contributed by atoms with E-state index < -0.39 is 0 Å². The van der Waals surface area contributed by atoms with Crippen LogP contribution in [-0.2, 0) is 6.54 Å². The van der Waals surface area contributed by atoms with Gasteiger partial charge in [0.15, 0.2) is 0 Å². The fourth-order valence-corrected chi connectivity index (χ4v) is 2.35. The molecule has 2 N–H and O–H groups in total. The van der Waals surface area contributed by atoms with Gasteiger partial charge in [-0.1, -0.05) is 42.0 Å². The summed E-state index contributed by atoms with van der Waals surface area (Å²) < 4.78 is 0. The molecule has 25 heavy (non-hydrogen) atoms. The minimum Gasteiger partial charge on any atom is -0.350 e. The lowest BCUT2D eigenvalue weighted by Crippen LogP contribution is -2.13. The standard InChI is InChI=1S/C20H20N4O/c1-14-6-8-16(9-7-14)11-21-20-22-12-17(13-23-20)19(25)24-18-5-3-4-15(2)10-18/h3-10,12-13H,11H2,1-2H3,(H,24,25)(H,21,22,23). The molecular formula is C20H20N4O. The number of hydrogen-bond donors (Lipinski definition) is 2. The first-order valence-corrected chi connectivity index (χ1v) is 8.09. The molecule has 0 bridgehead atoms. The van der Waals surface area contributed by atoms with E-state index in [0.29, 0.717) is 18.1 Å². The van der Waals surface area contributed by atoms with E-state index in [1.54, 1.807) is 0 Å². The number of benzene rings is 2. The van der Waals surface area contributed by atoms with E-state index in [-0.39, 0.29) is 5.91 Å². The second kappa shape index (κ2) is 7.57. The van der Waals surface area contributed by atoms with Crippen LogP contribution in [0.1, 0.15) is 27.0 Å². The third-order valence-corrected chi connectivity index (χ3v) is 3.76. The number of aromatic nitrogens is 2. The number of hydrogen-bond acceptors (Lipinski definition) is 4. The van der Waals surface area contributed by atoms with E-state index >= 15 is 0 Å². The molecule has 0 radical (unpaired) electrons. The smallest absolute Gasteiger partial charge is 0.258 e. The van der Waals surface area contributed by atoms with Crippen LogP contribution < -0.4 is 10.6 Å². The maximum absolute atomic E-state index is 12.2. The maximum Gasteiger partial charge on any atom is 0.258 e. The first-order chi connectivity index (χ1) is 12.1. The molecule has 0 fully saturated rings. The lowest BCUT2D eigenvalue weighted by molar-refractivity contribution is 0.102. The zero-order chi connectivity index (χ0) is 17.6. The molecule has 1 amide bonds. The van der Waals surface area contributed by atoms with Gasteiger partial charge in [-0.05, 0) is 37.1 Å². The molecule has 1 heterocycles. The van der Waals surface area contributed by atoms with Gasteiger partial charge >= 0.3 is 0 Å². The molecule has 0 aliphatic heterocycles. The zero-order valence-electron chi connectivity index (χ0n) is 14.3. The van der Waals surface area contributed by atoms with Crippen LogP contribution in [0.3, 0.4) is 0 Å². The average molecular weight is 332 g/mol. The van der Waals surface area contributed by atoms with Gasteiger partial charge in [0.05, 0.1) is 5.56 Å². The summed E-state index contributed by atoms with van der Waals surface area (Å²) in [6, 6.07) is 15.9. The van der Waals surface area contributed by atoms with Gasteiger partial charge in [-0.15, -0.1) is 0 Å². The van der Waals surface area contributed by atoms with E-state index in [1.807, 2.05) is 31.2 Å². The first kappa shape index (κ1) is 16.6. The number of rotatable bonds is 5. The molecule has 0 aliphatic rings. The molecule has 126 valence electrons. The normalized spacial score (nSPS) is 10.3. The van der Waals surface area contributed by atoms with Crippen LogP contribution in [0.4, 0.5) is 11.6 Å². The Morgan fingerprint density at radius 3 is 2.36 bits per heavy atom. The average Bonchev–Trinajstić information content (AvgIpc) is 2.62. The number of carbonyl (C=O) groups excluding carboxylic acids is 1. The third-order valence-electron chi connectivity index (χ3n) is 3.76. The van der Waals surface area contributed by atoms with E-state index in [0.717, 1.165) is 16.8 Å². The molecule has 5 heteroatoms. The van der Waals surface area contributed by atoms with Gasteiger partial charge in [-0.2, -0.15) is 0 Å². The Balaban J connectivity index is 1.59. The molecular weight excluding hydrogens is 312 g/mol. The topological polar surface area (TPSA) is 66.9 Å². The van der Waals surface area contributed by atoms with Gasteiger partial charge in [0, 0.05) is 24.6 Å². The second-order valence-corrected chi connectivity index (χ2v) is 5.96. The molecule has 0 saturated carbocycles.